The quantitative estimate of drug-likeness (QED) is 0.889. The summed E-state index contributed by atoms with van der Waals surface area (Å²) in [5.74, 6) is -0.191. The summed E-state index contributed by atoms with van der Waals surface area (Å²) in [5, 5.41) is 2.98. The maximum atomic E-state index is 12.5. The summed E-state index contributed by atoms with van der Waals surface area (Å²) in [6.07, 6.45) is 0. The van der Waals surface area contributed by atoms with Gasteiger partial charge in [-0.2, -0.15) is 0 Å². The number of hydrogen-bond acceptors (Lipinski definition) is 2. The van der Waals surface area contributed by atoms with E-state index < -0.39 is 5.54 Å². The van der Waals surface area contributed by atoms with Crippen LogP contribution in [0.3, 0.4) is 0 Å². The van der Waals surface area contributed by atoms with Crippen LogP contribution < -0.4 is 11.1 Å². The second-order valence-corrected chi connectivity index (χ2v) is 6.23. The summed E-state index contributed by atoms with van der Waals surface area (Å²) in [6, 6.07) is 17.2. The lowest BCUT2D eigenvalue weighted by atomic mass is 9.91. The zero-order chi connectivity index (χ0) is 15.5. The highest BCUT2D eigenvalue weighted by Crippen LogP contribution is 2.21. The van der Waals surface area contributed by atoms with Gasteiger partial charge in [0.05, 0.1) is 6.04 Å². The molecule has 0 radical (unpaired) electrons. The van der Waals surface area contributed by atoms with Crippen LogP contribution in [0.1, 0.15) is 31.0 Å². The highest BCUT2D eigenvalue weighted by molar-refractivity contribution is 9.10. The SMILES string of the molecule is C[C@H](NC(=O)C(C)(N)c1ccccc1)c1ccc(Br)cc1. The Bertz CT molecular complexity index is 608. The van der Waals surface area contributed by atoms with Crippen molar-refractivity contribution in [3.8, 4) is 0 Å². The van der Waals surface area contributed by atoms with E-state index in [2.05, 4.69) is 21.2 Å². The monoisotopic (exact) mass is 346 g/mol. The Labute approximate surface area is 133 Å². The van der Waals surface area contributed by atoms with Crippen molar-refractivity contribution in [1.82, 2.24) is 5.32 Å². The van der Waals surface area contributed by atoms with Gasteiger partial charge in [0.1, 0.15) is 5.54 Å². The summed E-state index contributed by atoms with van der Waals surface area (Å²) < 4.78 is 1.01. The number of amides is 1. The van der Waals surface area contributed by atoms with Gasteiger partial charge in [0.25, 0.3) is 0 Å². The first-order valence-electron chi connectivity index (χ1n) is 6.82. The molecular weight excluding hydrogens is 328 g/mol. The van der Waals surface area contributed by atoms with E-state index in [-0.39, 0.29) is 11.9 Å². The van der Waals surface area contributed by atoms with Crippen LogP contribution in [0.15, 0.2) is 59.1 Å². The van der Waals surface area contributed by atoms with Crippen molar-refractivity contribution in [3.05, 3.63) is 70.2 Å². The highest BCUT2D eigenvalue weighted by atomic mass is 79.9. The van der Waals surface area contributed by atoms with Crippen LogP contribution in [0.5, 0.6) is 0 Å². The molecule has 4 heteroatoms. The first-order chi connectivity index (χ1) is 9.91. The third-order valence-electron chi connectivity index (χ3n) is 3.56. The normalized spacial score (nSPS) is 15.0. The van der Waals surface area contributed by atoms with Crippen LogP contribution in [0.2, 0.25) is 0 Å². The lowest BCUT2D eigenvalue weighted by Crippen LogP contribution is -2.49. The molecule has 21 heavy (non-hydrogen) atoms. The molecule has 110 valence electrons. The number of rotatable bonds is 4. The second-order valence-electron chi connectivity index (χ2n) is 5.32. The maximum Gasteiger partial charge on any atom is 0.244 e. The molecule has 0 aliphatic rings. The van der Waals surface area contributed by atoms with Gasteiger partial charge in [-0.25, -0.2) is 0 Å². The third kappa shape index (κ3) is 3.71. The standard InChI is InChI=1S/C17H19BrN2O/c1-12(13-8-10-15(18)11-9-13)20-16(21)17(2,19)14-6-4-3-5-7-14/h3-12H,19H2,1-2H3,(H,20,21)/t12-,17?/m0/s1. The number of nitrogens with one attached hydrogen (secondary N) is 1. The fourth-order valence-corrected chi connectivity index (χ4v) is 2.36. The number of carbonyl (C=O) groups is 1. The molecule has 0 saturated carbocycles. The van der Waals surface area contributed by atoms with Crippen LogP contribution in [-0.4, -0.2) is 5.91 Å². The van der Waals surface area contributed by atoms with Gasteiger partial charge in [0.15, 0.2) is 0 Å². The fraction of sp³-hybridized carbons (Fsp3) is 0.235. The van der Waals surface area contributed by atoms with Crippen LogP contribution in [0, 0.1) is 0 Å². The summed E-state index contributed by atoms with van der Waals surface area (Å²) in [4.78, 5) is 12.5. The van der Waals surface area contributed by atoms with Crippen LogP contribution >= 0.6 is 15.9 Å². The van der Waals surface area contributed by atoms with Gasteiger partial charge >= 0.3 is 0 Å². The molecule has 0 bridgehead atoms. The van der Waals surface area contributed by atoms with E-state index in [1.54, 1.807) is 6.92 Å². The number of hydrogen-bond donors (Lipinski definition) is 2. The Morgan fingerprint density at radius 3 is 2.29 bits per heavy atom. The molecule has 2 aromatic carbocycles. The van der Waals surface area contributed by atoms with Gasteiger partial charge in [-0.3, -0.25) is 4.79 Å². The van der Waals surface area contributed by atoms with Gasteiger partial charge < -0.3 is 11.1 Å². The first kappa shape index (κ1) is 15.7. The average Bonchev–Trinajstić information content (AvgIpc) is 2.48. The van der Waals surface area contributed by atoms with Crippen molar-refractivity contribution in [3.63, 3.8) is 0 Å². The van der Waals surface area contributed by atoms with Gasteiger partial charge in [-0.05, 0) is 37.1 Å². The Morgan fingerprint density at radius 1 is 1.14 bits per heavy atom. The van der Waals surface area contributed by atoms with Crippen molar-refractivity contribution >= 4 is 21.8 Å². The highest BCUT2D eigenvalue weighted by Gasteiger charge is 2.31. The third-order valence-corrected chi connectivity index (χ3v) is 4.09. The van der Waals surface area contributed by atoms with Gasteiger partial charge in [-0.1, -0.05) is 58.4 Å². The van der Waals surface area contributed by atoms with Crippen LogP contribution in [0.25, 0.3) is 0 Å². The van der Waals surface area contributed by atoms with E-state index in [9.17, 15) is 4.79 Å². The molecule has 3 nitrogen and oxygen atoms in total. The van der Waals surface area contributed by atoms with Crippen molar-refractivity contribution in [1.29, 1.82) is 0 Å². The van der Waals surface area contributed by atoms with Gasteiger partial charge in [0, 0.05) is 4.47 Å². The number of nitrogens with two attached hydrogens (primary N) is 1. The Balaban J connectivity index is 2.12. The molecule has 2 rings (SSSR count). The number of halogens is 1. The molecule has 0 fully saturated rings. The maximum absolute atomic E-state index is 12.5. The van der Waals surface area contributed by atoms with Crippen molar-refractivity contribution in [2.75, 3.05) is 0 Å². The minimum absolute atomic E-state index is 0.0998. The van der Waals surface area contributed by atoms with E-state index >= 15 is 0 Å². The van der Waals surface area contributed by atoms with Crippen LogP contribution in [-0.2, 0) is 10.3 Å². The predicted octanol–water partition coefficient (Wildman–Crippen LogP) is 3.50. The molecular formula is C17H19BrN2O. The minimum atomic E-state index is -1.05. The average molecular weight is 347 g/mol. The minimum Gasteiger partial charge on any atom is -0.348 e. The lowest BCUT2D eigenvalue weighted by Gasteiger charge is -2.26. The molecule has 0 aromatic heterocycles. The zero-order valence-electron chi connectivity index (χ0n) is 12.1. The predicted molar refractivity (Wildman–Crippen MR) is 88.7 cm³/mol. The van der Waals surface area contributed by atoms with Crippen molar-refractivity contribution < 1.29 is 4.79 Å². The van der Waals surface area contributed by atoms with Crippen molar-refractivity contribution in [2.24, 2.45) is 5.73 Å². The fourth-order valence-electron chi connectivity index (χ4n) is 2.10. The van der Waals surface area contributed by atoms with Crippen LogP contribution in [0.4, 0.5) is 0 Å². The zero-order valence-corrected chi connectivity index (χ0v) is 13.7. The summed E-state index contributed by atoms with van der Waals surface area (Å²) in [5.41, 5.74) is 7.00. The molecule has 0 spiro atoms. The summed E-state index contributed by atoms with van der Waals surface area (Å²) >= 11 is 3.40. The molecule has 2 atom stereocenters. The molecule has 2 aromatic rings. The molecule has 0 heterocycles. The van der Waals surface area contributed by atoms with E-state index in [1.165, 1.54) is 0 Å². The molecule has 1 unspecified atom stereocenters. The van der Waals surface area contributed by atoms with Crippen molar-refractivity contribution in [2.45, 2.75) is 25.4 Å². The topological polar surface area (TPSA) is 55.1 Å². The van der Waals surface area contributed by atoms with Gasteiger partial charge in [0.2, 0.25) is 5.91 Å². The lowest BCUT2D eigenvalue weighted by molar-refractivity contribution is -0.126. The van der Waals surface area contributed by atoms with Gasteiger partial charge in [-0.15, -0.1) is 0 Å². The van der Waals surface area contributed by atoms with E-state index in [0.29, 0.717) is 0 Å². The second kappa shape index (κ2) is 6.41. The summed E-state index contributed by atoms with van der Waals surface area (Å²) in [6.45, 7) is 3.67. The molecule has 0 aliphatic heterocycles. The molecule has 3 N–H and O–H groups in total. The smallest absolute Gasteiger partial charge is 0.244 e. The molecule has 0 aliphatic carbocycles. The molecule has 1 amide bonds. The number of carbonyl (C=O) groups excluding carboxylic acids is 1. The molecule has 0 saturated heterocycles. The van der Waals surface area contributed by atoms with E-state index in [1.807, 2.05) is 61.5 Å². The number of benzene rings is 2. The van der Waals surface area contributed by atoms with E-state index in [0.717, 1.165) is 15.6 Å². The Hall–Kier alpha value is -1.65. The first-order valence-corrected chi connectivity index (χ1v) is 7.61. The Morgan fingerprint density at radius 2 is 1.71 bits per heavy atom. The van der Waals surface area contributed by atoms with E-state index in [4.69, 9.17) is 5.73 Å². The largest absolute Gasteiger partial charge is 0.348 e. The summed E-state index contributed by atoms with van der Waals surface area (Å²) in [7, 11) is 0. The Kier molecular flexibility index (Phi) is 4.80.